The van der Waals surface area contributed by atoms with E-state index in [9.17, 15) is 9.18 Å². The van der Waals surface area contributed by atoms with Crippen molar-refractivity contribution >= 4 is 11.7 Å². The Labute approximate surface area is 178 Å². The largest absolute Gasteiger partial charge is 0.334 e. The number of halogens is 1. The molecule has 1 aliphatic rings. The molecule has 2 N–H and O–H groups in total. The van der Waals surface area contributed by atoms with E-state index in [0.29, 0.717) is 11.3 Å². The van der Waals surface area contributed by atoms with Gasteiger partial charge < -0.3 is 10.6 Å². The zero-order chi connectivity index (χ0) is 21.7. The van der Waals surface area contributed by atoms with E-state index in [1.54, 1.807) is 12.3 Å². The number of amides is 2. The van der Waals surface area contributed by atoms with Crippen LogP contribution in [0.15, 0.2) is 36.5 Å². The first-order valence-electron chi connectivity index (χ1n) is 10.4. The highest BCUT2D eigenvalue weighted by Crippen LogP contribution is 2.18. The summed E-state index contributed by atoms with van der Waals surface area (Å²) in [6, 6.07) is 8.37. The van der Waals surface area contributed by atoms with Crippen LogP contribution in [0, 0.1) is 12.7 Å². The molecule has 0 bridgehead atoms. The molecule has 2 heterocycles. The van der Waals surface area contributed by atoms with Crippen LogP contribution in [0.25, 0.3) is 0 Å². The molecule has 2 amide bonds. The van der Waals surface area contributed by atoms with Gasteiger partial charge in [-0.1, -0.05) is 6.07 Å². The molecular weight excluding hydrogens is 381 g/mol. The Kier molecular flexibility index (Phi) is 7.05. The average Bonchev–Trinajstić information content (AvgIpc) is 2.70. The van der Waals surface area contributed by atoms with Crippen LogP contribution in [0.3, 0.4) is 0 Å². The fraction of sp³-hybridized carbons (Fsp3) is 0.478. The van der Waals surface area contributed by atoms with Gasteiger partial charge >= 0.3 is 6.03 Å². The minimum Gasteiger partial charge on any atom is -0.334 e. The van der Waals surface area contributed by atoms with Gasteiger partial charge in [-0.2, -0.15) is 0 Å². The van der Waals surface area contributed by atoms with Crippen molar-refractivity contribution in [3.05, 3.63) is 59.2 Å². The topological polar surface area (TPSA) is 60.5 Å². The molecule has 2 aromatic rings. The fourth-order valence-electron chi connectivity index (χ4n) is 3.59. The molecule has 1 aromatic carbocycles. The van der Waals surface area contributed by atoms with Crippen molar-refractivity contribution in [1.82, 2.24) is 20.1 Å². The third-order valence-electron chi connectivity index (χ3n) is 5.45. The molecule has 0 radical (unpaired) electrons. The van der Waals surface area contributed by atoms with E-state index in [2.05, 4.69) is 46.2 Å². The van der Waals surface area contributed by atoms with Gasteiger partial charge in [-0.15, -0.1) is 0 Å². The van der Waals surface area contributed by atoms with Gasteiger partial charge in [0, 0.05) is 56.1 Å². The highest BCUT2D eigenvalue weighted by atomic mass is 19.1. The molecule has 7 heteroatoms. The minimum atomic E-state index is -0.385. The van der Waals surface area contributed by atoms with Crippen LogP contribution in [-0.4, -0.2) is 52.5 Å². The predicted molar refractivity (Wildman–Crippen MR) is 118 cm³/mol. The second-order valence-corrected chi connectivity index (χ2v) is 8.86. The van der Waals surface area contributed by atoms with Crippen molar-refractivity contribution in [2.24, 2.45) is 0 Å². The Hall–Kier alpha value is -2.51. The summed E-state index contributed by atoms with van der Waals surface area (Å²) in [5.41, 5.74) is 3.20. The molecule has 30 heavy (non-hydrogen) atoms. The van der Waals surface area contributed by atoms with E-state index in [0.717, 1.165) is 44.0 Å². The van der Waals surface area contributed by atoms with Crippen molar-refractivity contribution in [2.75, 3.05) is 31.5 Å². The summed E-state index contributed by atoms with van der Waals surface area (Å²) >= 11 is 0. The van der Waals surface area contributed by atoms with E-state index >= 15 is 0 Å². The normalized spacial score (nSPS) is 15.8. The third kappa shape index (κ3) is 6.24. The van der Waals surface area contributed by atoms with Crippen molar-refractivity contribution in [2.45, 2.75) is 46.3 Å². The monoisotopic (exact) mass is 413 g/mol. The van der Waals surface area contributed by atoms with Gasteiger partial charge in [0.15, 0.2) is 0 Å². The molecule has 1 aliphatic heterocycles. The lowest BCUT2D eigenvalue weighted by atomic mass is 10.0. The number of rotatable bonds is 5. The highest BCUT2D eigenvalue weighted by Gasteiger charge is 2.25. The summed E-state index contributed by atoms with van der Waals surface area (Å²) in [4.78, 5) is 21.1. The van der Waals surface area contributed by atoms with Gasteiger partial charge in [0.25, 0.3) is 0 Å². The zero-order valence-corrected chi connectivity index (χ0v) is 18.3. The molecule has 1 aromatic heterocycles. The number of piperazine rings is 1. The molecule has 0 spiro atoms. The van der Waals surface area contributed by atoms with Crippen LogP contribution in [-0.2, 0) is 13.1 Å². The Balaban J connectivity index is 1.52. The van der Waals surface area contributed by atoms with Crippen molar-refractivity contribution in [1.29, 1.82) is 0 Å². The molecule has 162 valence electrons. The van der Waals surface area contributed by atoms with Crippen molar-refractivity contribution in [3.63, 3.8) is 0 Å². The smallest absolute Gasteiger partial charge is 0.319 e. The summed E-state index contributed by atoms with van der Waals surface area (Å²) in [5, 5.41) is 5.43. The maximum absolute atomic E-state index is 14.3. The van der Waals surface area contributed by atoms with Crippen LogP contribution in [0.2, 0.25) is 0 Å². The Morgan fingerprint density at radius 3 is 2.50 bits per heavy atom. The van der Waals surface area contributed by atoms with E-state index in [1.165, 1.54) is 6.07 Å². The molecule has 0 aliphatic carbocycles. The third-order valence-corrected chi connectivity index (χ3v) is 5.45. The maximum Gasteiger partial charge on any atom is 0.319 e. The standard InChI is InChI=1S/C23H32FN5O/c1-17-5-7-20(15-25-17)27-22(30)26-14-19-13-18(6-8-21(19)24)16-28-9-11-29(12-10-28)23(2,3)4/h5-8,13,15H,9-12,14,16H2,1-4H3,(H2,26,27,30). The molecule has 0 saturated carbocycles. The molecule has 6 nitrogen and oxygen atoms in total. The SMILES string of the molecule is Cc1ccc(NC(=O)NCc2cc(CN3CCN(C(C)(C)C)CC3)ccc2F)cn1. The number of carbonyl (C=O) groups is 1. The lowest BCUT2D eigenvalue weighted by Crippen LogP contribution is -2.53. The van der Waals surface area contributed by atoms with Crippen LogP contribution >= 0.6 is 0 Å². The maximum atomic E-state index is 14.3. The van der Waals surface area contributed by atoms with Crippen LogP contribution < -0.4 is 10.6 Å². The lowest BCUT2D eigenvalue weighted by Gasteiger charge is -2.42. The van der Waals surface area contributed by atoms with E-state index in [4.69, 9.17) is 0 Å². The molecule has 1 saturated heterocycles. The molecular formula is C23H32FN5O. The summed E-state index contributed by atoms with van der Waals surface area (Å²) in [6.45, 7) is 13.6. The first-order chi connectivity index (χ1) is 14.2. The quantitative estimate of drug-likeness (QED) is 0.784. The lowest BCUT2D eigenvalue weighted by molar-refractivity contribution is 0.0591. The number of hydrogen-bond donors (Lipinski definition) is 2. The van der Waals surface area contributed by atoms with Gasteiger partial charge in [0.2, 0.25) is 0 Å². The number of carbonyl (C=O) groups excluding carboxylic acids is 1. The number of nitrogens with zero attached hydrogens (tertiary/aromatic N) is 3. The van der Waals surface area contributed by atoms with Crippen LogP contribution in [0.4, 0.5) is 14.9 Å². The first-order valence-corrected chi connectivity index (χ1v) is 10.4. The van der Waals surface area contributed by atoms with E-state index < -0.39 is 0 Å². The second kappa shape index (κ2) is 9.53. The van der Waals surface area contributed by atoms with Gasteiger partial charge in [-0.05, 0) is 57.5 Å². The number of benzene rings is 1. The van der Waals surface area contributed by atoms with Crippen LogP contribution in [0.5, 0.6) is 0 Å². The van der Waals surface area contributed by atoms with Crippen molar-refractivity contribution in [3.8, 4) is 0 Å². The van der Waals surface area contributed by atoms with Crippen molar-refractivity contribution < 1.29 is 9.18 Å². The number of nitrogens with one attached hydrogen (secondary N) is 2. The zero-order valence-electron chi connectivity index (χ0n) is 18.3. The molecule has 3 rings (SSSR count). The molecule has 0 atom stereocenters. The number of urea groups is 1. The minimum absolute atomic E-state index is 0.128. The number of aryl methyl sites for hydroxylation is 1. The summed E-state index contributed by atoms with van der Waals surface area (Å²) < 4.78 is 14.3. The van der Waals surface area contributed by atoms with Crippen LogP contribution in [0.1, 0.15) is 37.6 Å². The summed E-state index contributed by atoms with van der Waals surface area (Å²) in [6.07, 6.45) is 1.59. The van der Waals surface area contributed by atoms with E-state index in [1.807, 2.05) is 25.1 Å². The number of aromatic nitrogens is 1. The number of hydrogen-bond acceptors (Lipinski definition) is 4. The van der Waals surface area contributed by atoms with Gasteiger partial charge in [-0.25, -0.2) is 9.18 Å². The highest BCUT2D eigenvalue weighted by molar-refractivity contribution is 5.88. The number of anilines is 1. The first kappa shape index (κ1) is 22.2. The Morgan fingerprint density at radius 1 is 1.13 bits per heavy atom. The summed E-state index contributed by atoms with van der Waals surface area (Å²) in [5.74, 6) is -0.311. The molecule has 1 fully saturated rings. The van der Waals surface area contributed by atoms with E-state index in [-0.39, 0.29) is 23.9 Å². The Morgan fingerprint density at radius 2 is 1.87 bits per heavy atom. The van der Waals surface area contributed by atoms with Gasteiger partial charge in [0.05, 0.1) is 11.9 Å². The summed E-state index contributed by atoms with van der Waals surface area (Å²) in [7, 11) is 0. The molecule has 0 unspecified atom stereocenters. The Bertz CT molecular complexity index is 855. The number of pyridine rings is 1. The second-order valence-electron chi connectivity index (χ2n) is 8.86. The fourth-order valence-corrected chi connectivity index (χ4v) is 3.59. The average molecular weight is 414 g/mol. The predicted octanol–water partition coefficient (Wildman–Crippen LogP) is 3.77. The van der Waals surface area contributed by atoms with Gasteiger partial charge in [-0.3, -0.25) is 14.8 Å². The van der Waals surface area contributed by atoms with Gasteiger partial charge in [0.1, 0.15) is 5.82 Å².